The summed E-state index contributed by atoms with van der Waals surface area (Å²) in [5.74, 6) is -0.747. The topological polar surface area (TPSA) is 172 Å². The Morgan fingerprint density at radius 3 is 1.30 bits per heavy atom. The molecule has 4 amide bonds. The van der Waals surface area contributed by atoms with E-state index >= 15 is 0 Å². The number of nitrogens with two attached hydrogens (primary N) is 1. The van der Waals surface area contributed by atoms with Crippen molar-refractivity contribution in [3.05, 3.63) is 59.7 Å². The van der Waals surface area contributed by atoms with Crippen LogP contribution in [-0.4, -0.2) is 59.1 Å². The number of benzene rings is 2. The zero-order valence-corrected chi connectivity index (χ0v) is 50.2. The first-order valence-corrected chi connectivity index (χ1v) is 20.4. The normalized spacial score (nSPS) is 12.9. The summed E-state index contributed by atoms with van der Waals surface area (Å²) < 4.78 is 0. The van der Waals surface area contributed by atoms with Gasteiger partial charge in [0.05, 0.1) is 12.1 Å². The second-order valence-electron chi connectivity index (χ2n) is 17.7. The van der Waals surface area contributed by atoms with Gasteiger partial charge >= 0.3 is 6.03 Å². The third-order valence-electron chi connectivity index (χ3n) is 9.27. The molecule has 0 spiro atoms. The fourth-order valence-electron chi connectivity index (χ4n) is 6.11. The van der Waals surface area contributed by atoms with Crippen molar-refractivity contribution in [2.24, 2.45) is 29.4 Å². The molecule has 60 heavy (non-hydrogen) atoms. The number of ketones is 2. The molecule has 2 unspecified atom stereocenters. The molecule has 15 heteroatoms. The van der Waals surface area contributed by atoms with Gasteiger partial charge in [-0.25, -0.2) is 4.79 Å². The Bertz CT molecular complexity index is 1550. The maximum absolute atomic E-state index is 13.1. The number of rotatable bonds is 20. The van der Waals surface area contributed by atoms with E-state index in [1.165, 1.54) is 11.1 Å². The van der Waals surface area contributed by atoms with E-state index in [-0.39, 0.29) is 185 Å². The third kappa shape index (κ3) is 28.3. The smallest absolute Gasteiger partial charge is 0.312 e. The van der Waals surface area contributed by atoms with Crippen LogP contribution >= 0.6 is 0 Å². The first-order chi connectivity index (χ1) is 26.0. The van der Waals surface area contributed by atoms with Gasteiger partial charge in [0.2, 0.25) is 11.8 Å². The monoisotopic (exact) mass is 1320 g/mol. The second kappa shape index (κ2) is 33.0. The van der Waals surface area contributed by atoms with Crippen LogP contribution in [0.2, 0.25) is 0 Å². The molecule has 7 N–H and O–H groups in total. The van der Waals surface area contributed by atoms with Crippen molar-refractivity contribution in [2.45, 2.75) is 152 Å². The third-order valence-corrected chi connectivity index (χ3v) is 9.27. The van der Waals surface area contributed by atoms with Gasteiger partial charge in [-0.3, -0.25) is 19.2 Å². The predicted molar refractivity (Wildman–Crippen MR) is 231 cm³/mol. The number of carbonyl (C=O) groups excluding carboxylic acids is 5. The molecule has 0 aliphatic carbocycles. The van der Waals surface area contributed by atoms with E-state index in [9.17, 15) is 24.0 Å². The largest absolute Gasteiger partial charge is 0.352 e. The number of hydrogen-bond acceptors (Lipinski definition) is 7. The maximum atomic E-state index is 13.1. The molecule has 2 radical (unpaired) electrons. The fraction of sp³-hybridized carbons (Fsp3) is 0.622. The number of aryl methyl sites for hydroxylation is 2. The number of hydrogen-bond donors (Lipinski definition) is 6. The van der Waals surface area contributed by atoms with Crippen molar-refractivity contribution in [3.8, 4) is 0 Å². The van der Waals surface area contributed by atoms with Crippen molar-refractivity contribution in [3.63, 3.8) is 0 Å². The van der Waals surface area contributed by atoms with Gasteiger partial charge in [0.15, 0.2) is 11.6 Å². The van der Waals surface area contributed by atoms with Gasteiger partial charge in [-0.05, 0) is 114 Å². The van der Waals surface area contributed by atoms with E-state index < -0.39 is 11.9 Å². The molecular weight excluding hydrogens is 1250 g/mol. The first-order valence-electron chi connectivity index (χ1n) is 20.4. The average Bonchev–Trinajstić information content (AvgIpc) is 3.10. The molecule has 0 heterocycles. The van der Waals surface area contributed by atoms with Crippen LogP contribution in [0.4, 0.5) is 16.2 Å². The summed E-state index contributed by atoms with van der Waals surface area (Å²) in [6, 6.07) is 14.4. The molecule has 2 aromatic carbocycles. The summed E-state index contributed by atoms with van der Waals surface area (Å²) in [5, 5.41) is 15.2. The number of anilines is 2. The van der Waals surface area contributed by atoms with Crippen molar-refractivity contribution >= 4 is 40.8 Å². The quantitative estimate of drug-likeness (QED) is 0.0735. The Kier molecular flexibility index (Phi) is 36.4. The number of nitrogens with one attached hydrogen (secondary N) is 5. The predicted octanol–water partition coefficient (Wildman–Crippen LogP) is 7.81. The molecule has 2 aromatic rings. The minimum atomic E-state index is -0.595. The molecule has 0 saturated heterocycles. The SMILES string of the molecule is CCc1ccc(NC(=O)[C@H](C)CC(=O)C(NC(C)(C)C)C(C)C)cc1.CCc1ccc(NC(=O)[C@H](CCCNC(N)=O)CC(=O)C(NC(C)(C)C)C(C)C)cc1.[W].[W].[Y].[Y]. The van der Waals surface area contributed by atoms with Gasteiger partial charge in [-0.1, -0.05) is 72.7 Å². The van der Waals surface area contributed by atoms with Crippen molar-refractivity contribution < 1.29 is 132 Å². The first kappa shape index (κ1) is 66.1. The molecule has 0 bridgehead atoms. The summed E-state index contributed by atoms with van der Waals surface area (Å²) in [5.41, 5.74) is 8.67. The van der Waals surface area contributed by atoms with Crippen molar-refractivity contribution in [1.29, 1.82) is 0 Å². The van der Waals surface area contributed by atoms with E-state index in [0.717, 1.165) is 18.5 Å². The van der Waals surface area contributed by atoms with Gasteiger partial charge in [-0.15, -0.1) is 0 Å². The van der Waals surface area contributed by atoms with Crippen LogP contribution in [-0.2, 0) is 140 Å². The van der Waals surface area contributed by atoms with Gasteiger partial charge in [-0.2, -0.15) is 0 Å². The molecule has 332 valence electrons. The molecule has 11 nitrogen and oxygen atoms in total. The Labute approximate surface area is 441 Å². The van der Waals surface area contributed by atoms with Crippen LogP contribution < -0.4 is 32.3 Å². The summed E-state index contributed by atoms with van der Waals surface area (Å²) >= 11 is 0. The molecule has 2 rings (SSSR count). The van der Waals surface area contributed by atoms with Gasteiger partial charge in [0.25, 0.3) is 0 Å². The van der Waals surface area contributed by atoms with Crippen LogP contribution in [0.5, 0.6) is 0 Å². The molecule has 0 fully saturated rings. The Balaban J connectivity index is -0.000000499. The van der Waals surface area contributed by atoms with Crippen LogP contribution in [0.1, 0.15) is 127 Å². The molecular formula is C45H74N6O5W2Y2. The number of carbonyl (C=O) groups is 5. The van der Waals surface area contributed by atoms with Crippen molar-refractivity contribution in [1.82, 2.24) is 16.0 Å². The van der Waals surface area contributed by atoms with Crippen LogP contribution in [0.25, 0.3) is 0 Å². The summed E-state index contributed by atoms with van der Waals surface area (Å²) in [4.78, 5) is 62.1. The maximum Gasteiger partial charge on any atom is 0.312 e. The van der Waals surface area contributed by atoms with E-state index in [1.807, 2.05) is 125 Å². The molecule has 0 aliphatic heterocycles. The van der Waals surface area contributed by atoms with Gasteiger partial charge in [0.1, 0.15) is 0 Å². The van der Waals surface area contributed by atoms with E-state index in [0.29, 0.717) is 25.1 Å². The number of primary amides is 1. The molecule has 4 atom stereocenters. The zero-order chi connectivity index (χ0) is 42.8. The summed E-state index contributed by atoms with van der Waals surface area (Å²) in [7, 11) is 0. The average molecular weight is 1320 g/mol. The molecule has 0 saturated carbocycles. The standard InChI is InChI=1S/C24H40N4O3.C21H34N2O2.2W.2Y/c1-7-17-10-12-19(13-11-17)27-22(30)18(9-8-14-26-23(25)31)15-20(29)21(16(2)3)28-24(4,5)6;1-8-16-9-11-17(12-10-16)22-20(25)15(4)13-18(24)19(14(2)3)23-21(5,6)7;;;;/h10-13,16,18,21,28H,7-9,14-15H2,1-6H3,(H,27,30)(H3,25,26,31);9-12,14-15,19,23H,8,13H2,1-7H3,(H,22,25);;;;/t18-,21?;15-,19?;;;;/m11..../s1. The Morgan fingerprint density at radius 1 is 0.600 bits per heavy atom. The summed E-state index contributed by atoms with van der Waals surface area (Å²) in [6.07, 6.45) is 3.31. The summed E-state index contributed by atoms with van der Waals surface area (Å²) in [6.45, 7) is 26.6. The minimum absolute atomic E-state index is 0. The zero-order valence-electron chi connectivity index (χ0n) is 38.6. The number of urea groups is 1. The van der Waals surface area contributed by atoms with Crippen molar-refractivity contribution in [2.75, 3.05) is 17.2 Å². The number of Topliss-reactive ketones (excluding diaryl/α,β-unsaturated/α-hetero) is 2. The second-order valence-corrected chi connectivity index (χ2v) is 17.7. The molecule has 0 aliphatic rings. The Morgan fingerprint density at radius 2 is 0.967 bits per heavy atom. The van der Waals surface area contributed by atoms with Gasteiger partial charge in [0, 0.05) is 161 Å². The van der Waals surface area contributed by atoms with Crippen LogP contribution in [0.3, 0.4) is 0 Å². The van der Waals surface area contributed by atoms with E-state index in [2.05, 4.69) is 40.4 Å². The van der Waals surface area contributed by atoms with Crippen LogP contribution in [0.15, 0.2) is 48.5 Å². The van der Waals surface area contributed by atoms with Crippen LogP contribution in [0, 0.1) is 23.7 Å². The van der Waals surface area contributed by atoms with E-state index in [4.69, 9.17) is 5.73 Å². The van der Waals surface area contributed by atoms with E-state index in [1.54, 1.807) is 0 Å². The fourth-order valence-corrected chi connectivity index (χ4v) is 6.11. The van der Waals surface area contributed by atoms with Gasteiger partial charge < -0.3 is 32.3 Å². The Hall–Kier alpha value is -0.506. The molecule has 0 aromatic heterocycles. The number of amides is 4. The minimum Gasteiger partial charge on any atom is -0.352 e.